The van der Waals surface area contributed by atoms with Crippen molar-refractivity contribution < 1.29 is 13.9 Å². The second kappa shape index (κ2) is 19.6. The number of furan rings is 1. The molecule has 0 radical (unpaired) electrons. The number of benzene rings is 1. The van der Waals surface area contributed by atoms with Gasteiger partial charge in [-0.25, -0.2) is 0 Å². The van der Waals surface area contributed by atoms with Gasteiger partial charge in [0.1, 0.15) is 18.1 Å². The van der Waals surface area contributed by atoms with E-state index < -0.39 is 0 Å². The first-order chi connectivity index (χ1) is 17.6. The highest BCUT2D eigenvalue weighted by molar-refractivity contribution is 9.10. The summed E-state index contributed by atoms with van der Waals surface area (Å²) < 4.78 is 12.2. The summed E-state index contributed by atoms with van der Waals surface area (Å²) in [7, 11) is 0. The maximum Gasteiger partial charge on any atom is 0.286 e. The SMILES string of the molecule is CCCCCCCCCCCCCCCCCCNC(=O)c1ccc(COc2ccc(Br)cc2Cl)o1. The van der Waals surface area contributed by atoms with Crippen LogP contribution in [0.5, 0.6) is 5.75 Å². The Morgan fingerprint density at radius 2 is 1.39 bits per heavy atom. The summed E-state index contributed by atoms with van der Waals surface area (Å²) in [6, 6.07) is 8.87. The number of nitrogens with one attached hydrogen (secondary N) is 1. The lowest BCUT2D eigenvalue weighted by molar-refractivity contribution is 0.0921. The highest BCUT2D eigenvalue weighted by Crippen LogP contribution is 2.28. The van der Waals surface area contributed by atoms with E-state index in [-0.39, 0.29) is 12.5 Å². The Balaban J connectivity index is 1.41. The van der Waals surface area contributed by atoms with E-state index in [9.17, 15) is 4.79 Å². The number of ether oxygens (including phenoxy) is 1. The molecule has 0 aliphatic rings. The third kappa shape index (κ3) is 13.7. The highest BCUT2D eigenvalue weighted by Gasteiger charge is 2.11. The Hall–Kier alpha value is -1.46. The van der Waals surface area contributed by atoms with Crippen molar-refractivity contribution in [3.05, 3.63) is 51.3 Å². The van der Waals surface area contributed by atoms with Gasteiger partial charge in [0, 0.05) is 11.0 Å². The molecule has 202 valence electrons. The molecule has 0 fully saturated rings. The predicted molar refractivity (Wildman–Crippen MR) is 154 cm³/mol. The smallest absolute Gasteiger partial charge is 0.286 e. The molecule has 0 atom stereocenters. The molecule has 2 aromatic rings. The van der Waals surface area contributed by atoms with E-state index in [1.54, 1.807) is 24.3 Å². The fraction of sp³-hybridized carbons (Fsp3) is 0.633. The van der Waals surface area contributed by atoms with Gasteiger partial charge in [-0.3, -0.25) is 4.79 Å². The summed E-state index contributed by atoms with van der Waals surface area (Å²) in [5.74, 6) is 1.29. The molecular formula is C30H45BrClNO3. The Kier molecular flexibility index (Phi) is 16.8. The van der Waals surface area contributed by atoms with Crippen LogP contribution in [-0.2, 0) is 6.61 Å². The fourth-order valence-corrected chi connectivity index (χ4v) is 5.01. The Morgan fingerprint density at radius 1 is 0.833 bits per heavy atom. The largest absolute Gasteiger partial charge is 0.484 e. The molecule has 0 unspecified atom stereocenters. The van der Waals surface area contributed by atoms with Crippen molar-refractivity contribution in [3.63, 3.8) is 0 Å². The van der Waals surface area contributed by atoms with Gasteiger partial charge in [0.05, 0.1) is 5.02 Å². The molecule has 1 aromatic heterocycles. The van der Waals surface area contributed by atoms with Crippen LogP contribution in [0, 0.1) is 0 Å². The number of carbonyl (C=O) groups excluding carboxylic acids is 1. The Morgan fingerprint density at radius 3 is 1.94 bits per heavy atom. The third-order valence-corrected chi connectivity index (χ3v) is 7.25. The lowest BCUT2D eigenvalue weighted by Crippen LogP contribution is -2.23. The van der Waals surface area contributed by atoms with Crippen LogP contribution in [0.2, 0.25) is 5.02 Å². The van der Waals surface area contributed by atoms with Crippen molar-refractivity contribution in [3.8, 4) is 5.75 Å². The quantitative estimate of drug-likeness (QED) is 0.149. The van der Waals surface area contributed by atoms with Crippen molar-refractivity contribution in [2.75, 3.05) is 6.54 Å². The number of carbonyl (C=O) groups is 1. The molecule has 0 spiro atoms. The minimum absolute atomic E-state index is 0.177. The van der Waals surface area contributed by atoms with Crippen molar-refractivity contribution in [1.29, 1.82) is 0 Å². The number of hydrogen-bond donors (Lipinski definition) is 1. The summed E-state index contributed by atoms with van der Waals surface area (Å²) in [6.45, 7) is 3.17. The van der Waals surface area contributed by atoms with Crippen LogP contribution < -0.4 is 10.1 Å². The predicted octanol–water partition coefficient (Wildman–Crippen LogP) is 10.3. The summed E-state index contributed by atoms with van der Waals surface area (Å²) >= 11 is 9.53. The van der Waals surface area contributed by atoms with E-state index in [4.69, 9.17) is 20.8 Å². The highest BCUT2D eigenvalue weighted by atomic mass is 79.9. The van der Waals surface area contributed by atoms with Crippen molar-refractivity contribution >= 4 is 33.4 Å². The molecule has 1 aromatic carbocycles. The van der Waals surface area contributed by atoms with Gasteiger partial charge >= 0.3 is 0 Å². The van der Waals surface area contributed by atoms with E-state index in [0.717, 1.165) is 17.3 Å². The molecule has 6 heteroatoms. The van der Waals surface area contributed by atoms with Crippen molar-refractivity contribution in [1.82, 2.24) is 5.32 Å². The van der Waals surface area contributed by atoms with Gasteiger partial charge in [-0.05, 0) is 36.8 Å². The number of hydrogen-bond acceptors (Lipinski definition) is 3. The molecule has 1 N–H and O–H groups in total. The number of amides is 1. The first-order valence-electron chi connectivity index (χ1n) is 14.0. The monoisotopic (exact) mass is 581 g/mol. The fourth-order valence-electron chi connectivity index (χ4n) is 4.28. The molecule has 1 heterocycles. The standard InChI is InChI=1S/C30H45BrClNO3/c1-2-3-4-5-6-7-8-9-10-11-12-13-14-15-16-17-22-33-30(34)29-21-19-26(36-29)24-35-28-20-18-25(31)23-27(28)32/h18-21,23H,2-17,22,24H2,1H3,(H,33,34). The molecule has 1 amide bonds. The van der Waals surface area contributed by atoms with Gasteiger partial charge in [0.15, 0.2) is 5.76 Å². The van der Waals surface area contributed by atoms with Gasteiger partial charge < -0.3 is 14.5 Å². The summed E-state index contributed by atoms with van der Waals surface area (Å²) in [5.41, 5.74) is 0. The van der Waals surface area contributed by atoms with E-state index in [1.807, 2.05) is 6.07 Å². The van der Waals surface area contributed by atoms with Gasteiger partial charge in [-0.2, -0.15) is 0 Å². The van der Waals surface area contributed by atoms with Gasteiger partial charge in [0.25, 0.3) is 5.91 Å². The van der Waals surface area contributed by atoms with Gasteiger partial charge in [-0.15, -0.1) is 0 Å². The average molecular weight is 583 g/mol. The second-order valence-corrected chi connectivity index (χ2v) is 11.0. The third-order valence-electron chi connectivity index (χ3n) is 6.47. The topological polar surface area (TPSA) is 51.5 Å². The van der Waals surface area contributed by atoms with Crippen molar-refractivity contribution in [2.24, 2.45) is 0 Å². The normalized spacial score (nSPS) is 11.1. The molecule has 0 saturated heterocycles. The Bertz CT molecular complexity index is 854. The summed E-state index contributed by atoms with van der Waals surface area (Å²) in [6.07, 6.45) is 21.5. The van der Waals surface area contributed by atoms with E-state index >= 15 is 0 Å². The molecule has 0 saturated carbocycles. The van der Waals surface area contributed by atoms with Crippen molar-refractivity contribution in [2.45, 2.75) is 116 Å². The maximum atomic E-state index is 12.3. The molecule has 4 nitrogen and oxygen atoms in total. The molecule has 0 bridgehead atoms. The second-order valence-electron chi connectivity index (χ2n) is 9.69. The van der Waals surface area contributed by atoms with Crippen LogP contribution >= 0.6 is 27.5 Å². The zero-order valence-electron chi connectivity index (χ0n) is 22.1. The minimum Gasteiger partial charge on any atom is -0.484 e. The molecule has 0 aliphatic heterocycles. The lowest BCUT2D eigenvalue weighted by atomic mass is 10.0. The first kappa shape index (κ1) is 30.8. The first-order valence-corrected chi connectivity index (χ1v) is 15.2. The van der Waals surface area contributed by atoms with E-state index in [0.29, 0.717) is 28.8 Å². The van der Waals surface area contributed by atoms with E-state index in [1.165, 1.54) is 89.9 Å². The van der Waals surface area contributed by atoms with Gasteiger partial charge in [0.2, 0.25) is 0 Å². The Labute approximate surface area is 232 Å². The van der Waals surface area contributed by atoms with Crippen LogP contribution in [0.15, 0.2) is 39.2 Å². The molecular weight excluding hydrogens is 538 g/mol. The van der Waals surface area contributed by atoms with E-state index in [2.05, 4.69) is 28.2 Å². The van der Waals surface area contributed by atoms with Crippen LogP contribution in [0.1, 0.15) is 126 Å². The summed E-state index contributed by atoms with van der Waals surface area (Å²) in [4.78, 5) is 12.3. The minimum atomic E-state index is -0.177. The summed E-state index contributed by atoms with van der Waals surface area (Å²) in [5, 5.41) is 3.47. The van der Waals surface area contributed by atoms with Crippen LogP contribution in [0.3, 0.4) is 0 Å². The van der Waals surface area contributed by atoms with Crippen LogP contribution in [-0.4, -0.2) is 12.5 Å². The molecule has 2 rings (SSSR count). The van der Waals surface area contributed by atoms with Crippen LogP contribution in [0.25, 0.3) is 0 Å². The molecule has 36 heavy (non-hydrogen) atoms. The van der Waals surface area contributed by atoms with Crippen LogP contribution in [0.4, 0.5) is 0 Å². The number of rotatable bonds is 21. The maximum absolute atomic E-state index is 12.3. The number of halogens is 2. The van der Waals surface area contributed by atoms with Gasteiger partial charge in [-0.1, -0.05) is 131 Å². The molecule has 0 aliphatic carbocycles. The lowest BCUT2D eigenvalue weighted by Gasteiger charge is -2.06. The zero-order chi connectivity index (χ0) is 25.8. The zero-order valence-corrected chi connectivity index (χ0v) is 24.4. The average Bonchev–Trinajstić information content (AvgIpc) is 3.34. The number of unbranched alkanes of at least 4 members (excludes halogenated alkanes) is 15.